The number of ether oxygens (including phenoxy) is 1. The fraction of sp³-hybridized carbons (Fsp3) is 0.850. The van der Waals surface area contributed by atoms with Crippen molar-refractivity contribution in [3.8, 4) is 0 Å². The largest absolute Gasteiger partial charge is 0.457 e. The van der Waals surface area contributed by atoms with Crippen molar-refractivity contribution in [2.45, 2.75) is 77.4 Å². The van der Waals surface area contributed by atoms with Crippen LogP contribution in [0.1, 0.15) is 65.7 Å². The van der Waals surface area contributed by atoms with Gasteiger partial charge in [-0.25, -0.2) is 0 Å². The molecule has 24 heavy (non-hydrogen) atoms. The normalized spacial score (nSPS) is 53.0. The molecule has 3 fully saturated rings. The number of aliphatic hydroxyl groups excluding tert-OH is 1. The molecular formula is C20H30O4. The van der Waals surface area contributed by atoms with Crippen LogP contribution in [0.5, 0.6) is 0 Å². The number of fused-ring (bicyclic) bond motifs is 2. The zero-order chi connectivity index (χ0) is 17.4. The Hall–Kier alpha value is -0.870. The summed E-state index contributed by atoms with van der Waals surface area (Å²) < 4.78 is 5.79. The Morgan fingerprint density at radius 2 is 1.96 bits per heavy atom. The second-order valence-electron chi connectivity index (χ2n) is 9.55. The first-order valence-corrected chi connectivity index (χ1v) is 9.44. The molecule has 4 rings (SSSR count). The average molecular weight is 334 g/mol. The van der Waals surface area contributed by atoms with Crippen LogP contribution in [-0.4, -0.2) is 34.5 Å². The number of hydrogen-bond donors (Lipinski definition) is 2. The smallest absolute Gasteiger partial charge is 0.312 e. The Bertz CT molecular complexity index is 613. The summed E-state index contributed by atoms with van der Waals surface area (Å²) in [4.78, 5) is 12.6. The minimum atomic E-state index is -0.835. The first-order chi connectivity index (χ1) is 11.2. The monoisotopic (exact) mass is 334 g/mol. The van der Waals surface area contributed by atoms with Gasteiger partial charge in [-0.1, -0.05) is 20.3 Å². The molecule has 1 aliphatic heterocycles. The molecule has 3 aliphatic carbocycles. The number of carbonyl (C=O) groups is 1. The molecule has 4 heteroatoms. The van der Waals surface area contributed by atoms with Crippen molar-refractivity contribution in [1.82, 2.24) is 0 Å². The molecule has 0 aromatic carbocycles. The Balaban J connectivity index is 1.80. The molecule has 0 aromatic rings. The van der Waals surface area contributed by atoms with E-state index in [-0.39, 0.29) is 35.4 Å². The lowest BCUT2D eigenvalue weighted by Gasteiger charge is -2.61. The Labute approximate surface area is 144 Å². The van der Waals surface area contributed by atoms with E-state index in [1.54, 1.807) is 0 Å². The predicted octanol–water partition coefficient (Wildman–Crippen LogP) is 2.97. The van der Waals surface area contributed by atoms with Crippen LogP contribution in [0.25, 0.3) is 0 Å². The van der Waals surface area contributed by atoms with E-state index in [9.17, 15) is 15.0 Å². The van der Waals surface area contributed by atoms with E-state index in [4.69, 9.17) is 4.74 Å². The van der Waals surface area contributed by atoms with Crippen molar-refractivity contribution in [3.05, 3.63) is 11.6 Å². The minimum absolute atomic E-state index is 0.0244. The van der Waals surface area contributed by atoms with Crippen molar-refractivity contribution in [1.29, 1.82) is 0 Å². The average Bonchev–Trinajstić information content (AvgIpc) is 2.75. The van der Waals surface area contributed by atoms with Crippen LogP contribution >= 0.6 is 0 Å². The van der Waals surface area contributed by atoms with Crippen molar-refractivity contribution < 1.29 is 19.7 Å². The van der Waals surface area contributed by atoms with Crippen LogP contribution in [0.15, 0.2) is 11.6 Å². The third-order valence-corrected chi connectivity index (χ3v) is 8.07. The second kappa shape index (κ2) is 4.85. The van der Waals surface area contributed by atoms with Gasteiger partial charge in [-0.15, -0.1) is 0 Å². The van der Waals surface area contributed by atoms with E-state index in [0.717, 1.165) is 50.5 Å². The van der Waals surface area contributed by atoms with Crippen molar-refractivity contribution in [3.63, 3.8) is 0 Å². The van der Waals surface area contributed by atoms with E-state index in [2.05, 4.69) is 19.9 Å². The molecule has 1 heterocycles. The molecule has 1 saturated heterocycles. The number of aliphatic hydroxyl groups is 2. The topological polar surface area (TPSA) is 66.8 Å². The van der Waals surface area contributed by atoms with Gasteiger partial charge in [-0.2, -0.15) is 0 Å². The Kier molecular flexibility index (Phi) is 3.35. The number of carbonyl (C=O) groups excluding carboxylic acids is 1. The molecule has 0 radical (unpaired) electrons. The lowest BCUT2D eigenvalue weighted by molar-refractivity contribution is -0.163. The molecule has 134 valence electrons. The highest BCUT2D eigenvalue weighted by Gasteiger charge is 2.70. The molecule has 6 atom stereocenters. The summed E-state index contributed by atoms with van der Waals surface area (Å²) in [6.45, 7) is 6.60. The van der Waals surface area contributed by atoms with E-state index in [0.29, 0.717) is 0 Å². The molecule has 0 unspecified atom stereocenters. The molecule has 0 aromatic heterocycles. The van der Waals surface area contributed by atoms with Gasteiger partial charge in [0.05, 0.1) is 11.0 Å². The lowest BCUT2D eigenvalue weighted by atomic mass is 9.43. The van der Waals surface area contributed by atoms with E-state index < -0.39 is 11.0 Å². The van der Waals surface area contributed by atoms with Crippen LogP contribution in [0.2, 0.25) is 0 Å². The summed E-state index contributed by atoms with van der Waals surface area (Å²) in [5, 5.41) is 21.2. The van der Waals surface area contributed by atoms with Crippen LogP contribution in [0.4, 0.5) is 0 Å². The van der Waals surface area contributed by atoms with Gasteiger partial charge in [-0.05, 0) is 62.5 Å². The number of rotatable bonds is 2. The van der Waals surface area contributed by atoms with E-state index in [1.807, 2.05) is 6.92 Å². The summed E-state index contributed by atoms with van der Waals surface area (Å²) in [6, 6.07) is 0. The molecule has 4 nitrogen and oxygen atoms in total. The van der Waals surface area contributed by atoms with E-state index in [1.165, 1.54) is 0 Å². The van der Waals surface area contributed by atoms with Gasteiger partial charge in [0.2, 0.25) is 0 Å². The summed E-state index contributed by atoms with van der Waals surface area (Å²) in [6.07, 6.45) is 7.83. The van der Waals surface area contributed by atoms with Gasteiger partial charge in [0.25, 0.3) is 0 Å². The summed E-state index contributed by atoms with van der Waals surface area (Å²) in [5.41, 5.74) is -0.523. The maximum absolute atomic E-state index is 12.6. The zero-order valence-electron chi connectivity index (χ0n) is 15.1. The highest BCUT2D eigenvalue weighted by molar-refractivity contribution is 5.80. The molecule has 0 spiro atoms. The molecule has 0 amide bonds. The predicted molar refractivity (Wildman–Crippen MR) is 90.1 cm³/mol. The summed E-state index contributed by atoms with van der Waals surface area (Å²) in [7, 11) is 0. The maximum Gasteiger partial charge on any atom is 0.312 e. The van der Waals surface area contributed by atoms with Crippen molar-refractivity contribution in [2.24, 2.45) is 22.2 Å². The quantitative estimate of drug-likeness (QED) is 0.602. The lowest BCUT2D eigenvalue weighted by Crippen LogP contribution is -2.63. The van der Waals surface area contributed by atoms with Crippen LogP contribution in [0, 0.1) is 22.2 Å². The highest BCUT2D eigenvalue weighted by atomic mass is 16.6. The van der Waals surface area contributed by atoms with Gasteiger partial charge in [0.1, 0.15) is 6.10 Å². The molecule has 0 bridgehead atoms. The molecular weight excluding hydrogens is 304 g/mol. The fourth-order valence-corrected chi connectivity index (χ4v) is 6.58. The van der Waals surface area contributed by atoms with Gasteiger partial charge >= 0.3 is 5.97 Å². The van der Waals surface area contributed by atoms with Gasteiger partial charge < -0.3 is 14.9 Å². The Morgan fingerprint density at radius 1 is 1.21 bits per heavy atom. The van der Waals surface area contributed by atoms with Gasteiger partial charge in [-0.3, -0.25) is 4.79 Å². The number of hydrogen-bond acceptors (Lipinski definition) is 4. The van der Waals surface area contributed by atoms with Crippen molar-refractivity contribution >= 4 is 5.97 Å². The summed E-state index contributed by atoms with van der Waals surface area (Å²) in [5.74, 6) is -0.0113. The van der Waals surface area contributed by atoms with Gasteiger partial charge in [0, 0.05) is 17.9 Å². The fourth-order valence-electron chi connectivity index (χ4n) is 6.58. The zero-order valence-corrected chi connectivity index (χ0v) is 15.1. The third kappa shape index (κ3) is 1.84. The molecule has 2 saturated carbocycles. The van der Waals surface area contributed by atoms with Crippen molar-refractivity contribution in [2.75, 3.05) is 6.61 Å². The second-order valence-corrected chi connectivity index (χ2v) is 9.55. The number of esters is 1. The first-order valence-electron chi connectivity index (χ1n) is 9.44. The third-order valence-electron chi connectivity index (χ3n) is 8.07. The van der Waals surface area contributed by atoms with Gasteiger partial charge in [0.15, 0.2) is 0 Å². The van der Waals surface area contributed by atoms with Crippen LogP contribution in [0.3, 0.4) is 0 Å². The standard InChI is InChI=1S/C20H30O4/c1-17(9-10-21)7-8-20(23)13(12-17)11-14-15-18(2,16(22)24-14)5-4-6-19(15,20)3/h11,14-15,21,23H,4-10,12H2,1-3H3/t14-,15-,17-,18+,19+,20-/m1/s1. The minimum Gasteiger partial charge on any atom is -0.457 e. The maximum atomic E-state index is 12.6. The van der Waals surface area contributed by atoms with Crippen LogP contribution < -0.4 is 0 Å². The molecule has 2 N–H and O–H groups in total. The highest BCUT2D eigenvalue weighted by Crippen LogP contribution is 2.68. The first kappa shape index (κ1) is 16.6. The molecule has 4 aliphatic rings. The van der Waals surface area contributed by atoms with E-state index >= 15 is 0 Å². The Morgan fingerprint density at radius 3 is 2.67 bits per heavy atom. The summed E-state index contributed by atoms with van der Waals surface area (Å²) >= 11 is 0. The SMILES string of the molecule is C[C@]1(CCO)CC[C@@]2(O)C(=C[C@H]3OC(=O)[C@@]4(C)CCC[C@@]2(C)[C@H]34)C1. The van der Waals surface area contributed by atoms with Crippen LogP contribution in [-0.2, 0) is 9.53 Å².